The minimum absolute atomic E-state index is 0.188. The Hall–Kier alpha value is -1.95. The number of hydrogen-bond donors (Lipinski definition) is 2. The number of nitrogens with zero attached hydrogens (tertiary/aromatic N) is 3. The van der Waals surface area contributed by atoms with Crippen LogP contribution in [0, 0.1) is 0 Å². The van der Waals surface area contributed by atoms with Crippen LogP contribution < -0.4 is 11.3 Å². The molecule has 6 nitrogen and oxygen atoms in total. The number of aromatic amines is 1. The second-order valence-corrected chi connectivity index (χ2v) is 3.02. The highest BCUT2D eigenvalue weighted by molar-refractivity contribution is 5.22. The molecule has 0 spiro atoms. The van der Waals surface area contributed by atoms with Gasteiger partial charge < -0.3 is 10.7 Å². The molecule has 0 aliphatic heterocycles. The Kier molecular flexibility index (Phi) is 2.59. The van der Waals surface area contributed by atoms with Gasteiger partial charge in [0.15, 0.2) is 0 Å². The molecular weight excluding hydrogens is 194 g/mol. The molecule has 0 saturated heterocycles. The van der Waals surface area contributed by atoms with Crippen LogP contribution in [0.5, 0.6) is 0 Å². The maximum Gasteiger partial charge on any atom is 0.252 e. The zero-order valence-electron chi connectivity index (χ0n) is 8.05. The van der Waals surface area contributed by atoms with E-state index in [4.69, 9.17) is 5.73 Å². The quantitative estimate of drug-likeness (QED) is 0.704. The predicted molar refractivity (Wildman–Crippen MR) is 54.7 cm³/mol. The third kappa shape index (κ3) is 1.94. The van der Waals surface area contributed by atoms with Gasteiger partial charge in [0, 0.05) is 24.9 Å². The van der Waals surface area contributed by atoms with Gasteiger partial charge in [-0.2, -0.15) is 0 Å². The van der Waals surface area contributed by atoms with Crippen molar-refractivity contribution in [3.63, 3.8) is 0 Å². The molecule has 3 N–H and O–H groups in total. The van der Waals surface area contributed by atoms with Crippen LogP contribution >= 0.6 is 0 Å². The second-order valence-electron chi connectivity index (χ2n) is 3.02. The smallest absolute Gasteiger partial charge is 0.252 e. The fraction of sp³-hybridized carbons (Fsp3) is 0.222. The average Bonchev–Trinajstić information content (AvgIpc) is 2.66. The lowest BCUT2D eigenvalue weighted by Crippen LogP contribution is -2.12. The fourth-order valence-electron chi connectivity index (χ4n) is 1.35. The van der Waals surface area contributed by atoms with E-state index in [0.717, 1.165) is 5.82 Å². The molecule has 2 aromatic rings. The van der Waals surface area contributed by atoms with E-state index in [1.165, 1.54) is 12.4 Å². The fourth-order valence-corrected chi connectivity index (χ4v) is 1.35. The molecule has 2 aromatic heterocycles. The summed E-state index contributed by atoms with van der Waals surface area (Å²) in [7, 11) is 0. The summed E-state index contributed by atoms with van der Waals surface area (Å²) in [4.78, 5) is 21.8. The summed E-state index contributed by atoms with van der Waals surface area (Å²) in [6, 6.07) is 1.42. The molecule has 6 heteroatoms. The van der Waals surface area contributed by atoms with Gasteiger partial charge in [0.1, 0.15) is 11.6 Å². The number of aromatic nitrogens is 4. The van der Waals surface area contributed by atoms with Crippen molar-refractivity contribution in [2.75, 3.05) is 6.54 Å². The maximum atomic E-state index is 11.1. The summed E-state index contributed by atoms with van der Waals surface area (Å²) in [5.41, 5.74) is 5.27. The SMILES string of the molecule is NCCc1nccn1-c1cc(=O)[nH]cn1. The molecular formula is C9H11N5O. The number of nitrogens with one attached hydrogen (secondary N) is 1. The predicted octanol–water partition coefficient (Wildman–Crippen LogP) is -0.543. The van der Waals surface area contributed by atoms with Gasteiger partial charge in [-0.15, -0.1) is 0 Å². The van der Waals surface area contributed by atoms with Gasteiger partial charge in [0.05, 0.1) is 6.33 Å². The van der Waals surface area contributed by atoms with Crippen LogP contribution in [-0.4, -0.2) is 26.1 Å². The van der Waals surface area contributed by atoms with Crippen molar-refractivity contribution in [3.05, 3.63) is 41.0 Å². The third-order valence-corrected chi connectivity index (χ3v) is 2.00. The molecule has 78 valence electrons. The Morgan fingerprint density at radius 2 is 2.33 bits per heavy atom. The highest BCUT2D eigenvalue weighted by Gasteiger charge is 2.04. The first kappa shape index (κ1) is 9.60. The zero-order chi connectivity index (χ0) is 10.7. The van der Waals surface area contributed by atoms with Crippen molar-refractivity contribution >= 4 is 0 Å². The second kappa shape index (κ2) is 4.05. The van der Waals surface area contributed by atoms with Crippen LogP contribution in [0.15, 0.2) is 29.6 Å². The Morgan fingerprint density at radius 1 is 1.47 bits per heavy atom. The van der Waals surface area contributed by atoms with E-state index < -0.39 is 0 Å². The van der Waals surface area contributed by atoms with Crippen LogP contribution in [0.1, 0.15) is 5.82 Å². The van der Waals surface area contributed by atoms with Crippen molar-refractivity contribution in [2.24, 2.45) is 5.73 Å². The number of H-pyrrole nitrogens is 1. The molecule has 2 heterocycles. The first-order valence-electron chi connectivity index (χ1n) is 4.58. The molecule has 0 aliphatic carbocycles. The molecule has 15 heavy (non-hydrogen) atoms. The summed E-state index contributed by atoms with van der Waals surface area (Å²) in [5, 5.41) is 0. The Bertz CT molecular complexity index is 501. The molecule has 0 saturated carbocycles. The lowest BCUT2D eigenvalue weighted by atomic mass is 10.4. The van der Waals surface area contributed by atoms with Gasteiger partial charge in [0.2, 0.25) is 0 Å². The van der Waals surface area contributed by atoms with Crippen molar-refractivity contribution in [1.82, 2.24) is 19.5 Å². The molecule has 0 radical (unpaired) electrons. The molecule has 0 atom stereocenters. The molecule has 0 unspecified atom stereocenters. The first-order valence-corrected chi connectivity index (χ1v) is 4.58. The van der Waals surface area contributed by atoms with Crippen LogP contribution in [0.4, 0.5) is 0 Å². The number of rotatable bonds is 3. The van der Waals surface area contributed by atoms with E-state index in [-0.39, 0.29) is 5.56 Å². The monoisotopic (exact) mass is 205 g/mol. The summed E-state index contributed by atoms with van der Waals surface area (Å²) in [6.07, 6.45) is 5.44. The molecule has 0 fully saturated rings. The Balaban J connectivity index is 2.44. The Labute approximate surface area is 85.8 Å². The van der Waals surface area contributed by atoms with Gasteiger partial charge in [-0.25, -0.2) is 9.97 Å². The van der Waals surface area contributed by atoms with Gasteiger partial charge >= 0.3 is 0 Å². The molecule has 0 aliphatic rings. The lowest BCUT2D eigenvalue weighted by Gasteiger charge is -2.04. The summed E-state index contributed by atoms with van der Waals surface area (Å²) >= 11 is 0. The summed E-state index contributed by atoms with van der Waals surface area (Å²) in [5.74, 6) is 1.36. The standard InChI is InChI=1S/C9H11N5O/c10-2-1-7-11-3-4-14(7)8-5-9(15)13-6-12-8/h3-6H,1-2,10H2,(H,12,13,15). The maximum absolute atomic E-state index is 11.1. The zero-order valence-corrected chi connectivity index (χ0v) is 8.05. The van der Waals surface area contributed by atoms with Crippen molar-refractivity contribution in [1.29, 1.82) is 0 Å². The van der Waals surface area contributed by atoms with Crippen LogP contribution in [-0.2, 0) is 6.42 Å². The largest absolute Gasteiger partial charge is 0.330 e. The van der Waals surface area contributed by atoms with Crippen LogP contribution in [0.25, 0.3) is 5.82 Å². The number of hydrogen-bond acceptors (Lipinski definition) is 4. The third-order valence-electron chi connectivity index (χ3n) is 2.00. The minimum Gasteiger partial charge on any atom is -0.330 e. The van der Waals surface area contributed by atoms with Crippen LogP contribution in [0.2, 0.25) is 0 Å². The highest BCUT2D eigenvalue weighted by Crippen LogP contribution is 2.04. The summed E-state index contributed by atoms with van der Waals surface area (Å²) < 4.78 is 1.75. The van der Waals surface area contributed by atoms with E-state index in [9.17, 15) is 4.79 Å². The van der Waals surface area contributed by atoms with Gasteiger partial charge in [-0.1, -0.05) is 0 Å². The molecule has 0 aromatic carbocycles. The topological polar surface area (TPSA) is 89.6 Å². The van der Waals surface area contributed by atoms with Crippen molar-refractivity contribution in [3.8, 4) is 5.82 Å². The average molecular weight is 205 g/mol. The van der Waals surface area contributed by atoms with E-state index in [0.29, 0.717) is 18.8 Å². The van der Waals surface area contributed by atoms with Gasteiger partial charge in [-0.05, 0) is 6.54 Å². The van der Waals surface area contributed by atoms with Crippen molar-refractivity contribution < 1.29 is 0 Å². The van der Waals surface area contributed by atoms with E-state index in [2.05, 4.69) is 15.0 Å². The first-order chi connectivity index (χ1) is 7.31. The van der Waals surface area contributed by atoms with E-state index >= 15 is 0 Å². The molecule has 0 amide bonds. The minimum atomic E-state index is -0.188. The van der Waals surface area contributed by atoms with Gasteiger partial charge in [-0.3, -0.25) is 9.36 Å². The Morgan fingerprint density at radius 3 is 3.07 bits per heavy atom. The highest BCUT2D eigenvalue weighted by atomic mass is 16.1. The van der Waals surface area contributed by atoms with Crippen molar-refractivity contribution in [2.45, 2.75) is 6.42 Å². The van der Waals surface area contributed by atoms with Crippen LogP contribution in [0.3, 0.4) is 0 Å². The van der Waals surface area contributed by atoms with E-state index in [1.807, 2.05) is 0 Å². The molecule has 2 rings (SSSR count). The normalized spacial score (nSPS) is 10.5. The number of nitrogens with two attached hydrogens (primary N) is 1. The lowest BCUT2D eigenvalue weighted by molar-refractivity contribution is 0.818. The van der Waals surface area contributed by atoms with E-state index in [1.54, 1.807) is 17.0 Å². The summed E-state index contributed by atoms with van der Waals surface area (Å²) in [6.45, 7) is 0.514. The molecule has 0 bridgehead atoms. The number of imidazole rings is 1. The van der Waals surface area contributed by atoms with Gasteiger partial charge in [0.25, 0.3) is 5.56 Å².